The third-order valence-corrected chi connectivity index (χ3v) is 5.95. The summed E-state index contributed by atoms with van der Waals surface area (Å²) >= 11 is 3.31. The van der Waals surface area contributed by atoms with Crippen LogP contribution in [-0.2, 0) is 14.8 Å². The van der Waals surface area contributed by atoms with Gasteiger partial charge in [0.2, 0.25) is 10.0 Å². The van der Waals surface area contributed by atoms with Crippen molar-refractivity contribution in [2.24, 2.45) is 0 Å². The normalized spacial score (nSPS) is 20.6. The van der Waals surface area contributed by atoms with Crippen LogP contribution in [0.2, 0.25) is 0 Å². The van der Waals surface area contributed by atoms with Crippen molar-refractivity contribution in [3.8, 4) is 0 Å². The maximum Gasteiger partial charge on any atom is 0.241 e. The van der Waals surface area contributed by atoms with Gasteiger partial charge in [-0.3, -0.25) is 4.90 Å². The minimum absolute atomic E-state index is 0.0994. The molecule has 1 aliphatic heterocycles. The molecule has 1 N–H and O–H groups in total. The topological polar surface area (TPSA) is 58.6 Å². The molecular formula is C14H21BrN2O3S. The van der Waals surface area contributed by atoms with E-state index in [1.165, 1.54) is 0 Å². The molecule has 5 nitrogen and oxygen atoms in total. The molecule has 0 spiro atoms. The summed E-state index contributed by atoms with van der Waals surface area (Å²) in [5.41, 5.74) is 1.01. The van der Waals surface area contributed by atoms with Crippen LogP contribution in [0.25, 0.3) is 0 Å². The summed E-state index contributed by atoms with van der Waals surface area (Å²) < 4.78 is 33.5. The SMILES string of the molecule is CCN1CCOC(CNS(=O)(=O)c2ccc(C)cc2Br)C1. The van der Waals surface area contributed by atoms with E-state index in [2.05, 4.69) is 32.5 Å². The number of hydrogen-bond acceptors (Lipinski definition) is 4. The summed E-state index contributed by atoms with van der Waals surface area (Å²) in [5, 5.41) is 0. The summed E-state index contributed by atoms with van der Waals surface area (Å²) in [6.45, 7) is 7.57. The average Bonchev–Trinajstić information content (AvgIpc) is 2.45. The van der Waals surface area contributed by atoms with Crippen molar-refractivity contribution in [3.63, 3.8) is 0 Å². The van der Waals surface area contributed by atoms with Crippen molar-refractivity contribution in [3.05, 3.63) is 28.2 Å². The molecule has 1 aromatic rings. The number of nitrogens with one attached hydrogen (secondary N) is 1. The van der Waals surface area contributed by atoms with E-state index in [0.717, 1.165) is 25.2 Å². The first kappa shape index (κ1) is 16.9. The number of aryl methyl sites for hydroxylation is 1. The lowest BCUT2D eigenvalue weighted by molar-refractivity contribution is -0.0229. The van der Waals surface area contributed by atoms with Crippen molar-refractivity contribution < 1.29 is 13.2 Å². The van der Waals surface area contributed by atoms with Crippen LogP contribution in [0.1, 0.15) is 12.5 Å². The van der Waals surface area contributed by atoms with Gasteiger partial charge in [0.05, 0.1) is 17.6 Å². The molecule has 1 heterocycles. The number of morpholine rings is 1. The Morgan fingerprint density at radius 1 is 1.48 bits per heavy atom. The van der Waals surface area contributed by atoms with Gasteiger partial charge >= 0.3 is 0 Å². The Morgan fingerprint density at radius 2 is 2.24 bits per heavy atom. The molecular weight excluding hydrogens is 356 g/mol. The van der Waals surface area contributed by atoms with Crippen molar-refractivity contribution in [2.75, 3.05) is 32.8 Å². The largest absolute Gasteiger partial charge is 0.374 e. The zero-order valence-electron chi connectivity index (χ0n) is 12.3. The fraction of sp³-hybridized carbons (Fsp3) is 0.571. The predicted molar refractivity (Wildman–Crippen MR) is 85.9 cm³/mol. The monoisotopic (exact) mass is 376 g/mol. The Hall–Kier alpha value is -0.470. The molecule has 0 aliphatic carbocycles. The second kappa shape index (κ2) is 7.19. The molecule has 7 heteroatoms. The highest BCUT2D eigenvalue weighted by molar-refractivity contribution is 9.10. The van der Waals surface area contributed by atoms with Crippen LogP contribution in [-0.4, -0.2) is 52.2 Å². The fourth-order valence-corrected chi connectivity index (χ4v) is 4.55. The fourth-order valence-electron chi connectivity index (χ4n) is 2.30. The lowest BCUT2D eigenvalue weighted by Crippen LogP contribution is -2.47. The van der Waals surface area contributed by atoms with Gasteiger partial charge < -0.3 is 4.74 Å². The molecule has 0 amide bonds. The zero-order valence-corrected chi connectivity index (χ0v) is 14.7. The van der Waals surface area contributed by atoms with E-state index in [-0.39, 0.29) is 11.0 Å². The molecule has 21 heavy (non-hydrogen) atoms. The Balaban J connectivity index is 2.01. The first-order valence-electron chi connectivity index (χ1n) is 7.02. The molecule has 1 fully saturated rings. The highest BCUT2D eigenvalue weighted by Gasteiger charge is 2.23. The molecule has 0 aromatic heterocycles. The van der Waals surface area contributed by atoms with Gasteiger partial charge in [0.25, 0.3) is 0 Å². The molecule has 1 aliphatic rings. The molecule has 0 bridgehead atoms. The van der Waals surface area contributed by atoms with Crippen molar-refractivity contribution >= 4 is 26.0 Å². The van der Waals surface area contributed by atoms with Crippen molar-refractivity contribution in [1.82, 2.24) is 9.62 Å². The van der Waals surface area contributed by atoms with Crippen LogP contribution < -0.4 is 4.72 Å². The highest BCUT2D eigenvalue weighted by atomic mass is 79.9. The van der Waals surface area contributed by atoms with Gasteiger partial charge in [0.15, 0.2) is 0 Å². The summed E-state index contributed by atoms with van der Waals surface area (Å²) in [4.78, 5) is 2.51. The van der Waals surface area contributed by atoms with E-state index >= 15 is 0 Å². The van der Waals surface area contributed by atoms with E-state index in [1.54, 1.807) is 18.2 Å². The Kier molecular flexibility index (Phi) is 5.79. The maximum atomic E-state index is 12.3. The van der Waals surface area contributed by atoms with Gasteiger partial charge in [0.1, 0.15) is 0 Å². The van der Waals surface area contributed by atoms with E-state index in [4.69, 9.17) is 4.74 Å². The smallest absolute Gasteiger partial charge is 0.241 e. The number of sulfonamides is 1. The Bertz CT molecular complexity index is 592. The van der Waals surface area contributed by atoms with Crippen molar-refractivity contribution in [1.29, 1.82) is 0 Å². The van der Waals surface area contributed by atoms with Gasteiger partial charge in [0, 0.05) is 24.1 Å². The van der Waals surface area contributed by atoms with Crippen LogP contribution in [0, 0.1) is 6.92 Å². The van der Waals surface area contributed by atoms with Gasteiger partial charge in [-0.15, -0.1) is 0 Å². The number of benzene rings is 1. The third kappa shape index (κ3) is 4.50. The van der Waals surface area contributed by atoms with Crippen molar-refractivity contribution in [2.45, 2.75) is 24.8 Å². The van der Waals surface area contributed by atoms with Crippen LogP contribution in [0.4, 0.5) is 0 Å². The van der Waals surface area contributed by atoms with Crippen LogP contribution in [0.5, 0.6) is 0 Å². The lowest BCUT2D eigenvalue weighted by atomic mass is 10.2. The first-order valence-corrected chi connectivity index (χ1v) is 9.29. The summed E-state index contributed by atoms with van der Waals surface area (Å²) in [6, 6.07) is 5.20. The number of hydrogen-bond donors (Lipinski definition) is 1. The van der Waals surface area contributed by atoms with Crippen LogP contribution in [0.3, 0.4) is 0 Å². The van der Waals surface area contributed by atoms with E-state index in [1.807, 2.05) is 6.92 Å². The standard InChI is InChI=1S/C14H21BrN2O3S/c1-3-17-6-7-20-12(10-17)9-16-21(18,19)14-5-4-11(2)8-13(14)15/h4-5,8,12,16H,3,6-7,9-10H2,1-2H3. The molecule has 1 unspecified atom stereocenters. The van der Waals surface area contributed by atoms with Gasteiger partial charge in [-0.05, 0) is 47.1 Å². The van der Waals surface area contributed by atoms with Gasteiger partial charge in [-0.25, -0.2) is 13.1 Å². The van der Waals surface area contributed by atoms with Gasteiger partial charge in [-0.2, -0.15) is 0 Å². The summed E-state index contributed by atoms with van der Waals surface area (Å²) in [6.07, 6.45) is -0.0994. The zero-order chi connectivity index (χ0) is 15.5. The van der Waals surface area contributed by atoms with E-state index in [0.29, 0.717) is 17.6 Å². The molecule has 2 rings (SSSR count). The number of nitrogens with zero attached hydrogens (tertiary/aromatic N) is 1. The molecule has 1 saturated heterocycles. The first-order chi connectivity index (χ1) is 9.92. The summed E-state index contributed by atoms with van der Waals surface area (Å²) in [5.74, 6) is 0. The molecule has 0 radical (unpaired) electrons. The number of halogens is 1. The molecule has 1 atom stereocenters. The second-order valence-corrected chi connectivity index (χ2v) is 7.76. The number of likely N-dealkylation sites (N-methyl/N-ethyl adjacent to an activating group) is 1. The van der Waals surface area contributed by atoms with Crippen LogP contribution >= 0.6 is 15.9 Å². The van der Waals surface area contributed by atoms with E-state index in [9.17, 15) is 8.42 Å². The van der Waals surface area contributed by atoms with E-state index < -0.39 is 10.0 Å². The molecule has 1 aromatic carbocycles. The average molecular weight is 377 g/mol. The Labute approximate surface area is 134 Å². The van der Waals surface area contributed by atoms with Crippen LogP contribution in [0.15, 0.2) is 27.6 Å². The number of rotatable bonds is 5. The second-order valence-electron chi connectivity index (χ2n) is 5.17. The molecule has 118 valence electrons. The highest BCUT2D eigenvalue weighted by Crippen LogP contribution is 2.22. The lowest BCUT2D eigenvalue weighted by Gasteiger charge is -2.32. The minimum Gasteiger partial charge on any atom is -0.374 e. The predicted octanol–water partition coefficient (Wildman–Crippen LogP) is 1.76. The molecule has 0 saturated carbocycles. The summed E-state index contributed by atoms with van der Waals surface area (Å²) in [7, 11) is -3.53. The van der Waals surface area contributed by atoms with Gasteiger partial charge in [-0.1, -0.05) is 13.0 Å². The number of ether oxygens (including phenoxy) is 1. The third-order valence-electron chi connectivity index (χ3n) is 3.55. The maximum absolute atomic E-state index is 12.3. The quantitative estimate of drug-likeness (QED) is 0.850. The minimum atomic E-state index is -3.53. The Morgan fingerprint density at radius 3 is 2.90 bits per heavy atom.